The van der Waals surface area contributed by atoms with E-state index < -0.39 is 0 Å². The summed E-state index contributed by atoms with van der Waals surface area (Å²) in [5.41, 5.74) is 1.18. The number of hydrogen-bond acceptors (Lipinski definition) is 2. The van der Waals surface area contributed by atoms with Crippen molar-refractivity contribution < 1.29 is 9.30 Å². The molecule has 1 aromatic rings. The second-order valence-electron chi connectivity index (χ2n) is 4.23. The molecule has 0 spiro atoms. The summed E-state index contributed by atoms with van der Waals surface area (Å²) in [6.07, 6.45) is 1.74. The first-order chi connectivity index (χ1) is 7.70. The van der Waals surface area contributed by atoms with E-state index >= 15 is 0 Å². The second-order valence-corrected chi connectivity index (χ2v) is 5.49. The van der Waals surface area contributed by atoms with Gasteiger partial charge in [-0.15, -0.1) is 0 Å². The standard InChI is InChI=1S/C13H19O2P/c1-3-13(2,16-14)9-10-15-11-12-7-5-4-6-8-12/h4-8H,3,9-11H2,1-2H3. The molecule has 0 aromatic heterocycles. The summed E-state index contributed by atoms with van der Waals surface area (Å²) in [6.45, 7) is 5.38. The molecule has 2 nitrogen and oxygen atoms in total. The highest BCUT2D eigenvalue weighted by Crippen LogP contribution is 2.30. The summed E-state index contributed by atoms with van der Waals surface area (Å²) >= 11 is 0. The van der Waals surface area contributed by atoms with Gasteiger partial charge >= 0.3 is 0 Å². The summed E-state index contributed by atoms with van der Waals surface area (Å²) in [5, 5.41) is -0.128. The largest absolute Gasteiger partial charge is 0.377 e. The van der Waals surface area contributed by atoms with Crippen molar-refractivity contribution >= 4 is 8.46 Å². The molecule has 1 atom stereocenters. The molecule has 1 aromatic carbocycles. The summed E-state index contributed by atoms with van der Waals surface area (Å²) in [6, 6.07) is 10.1. The van der Waals surface area contributed by atoms with Crippen LogP contribution >= 0.6 is 8.46 Å². The van der Waals surface area contributed by atoms with Crippen molar-refractivity contribution in [1.29, 1.82) is 0 Å². The van der Waals surface area contributed by atoms with Crippen LogP contribution in [0.5, 0.6) is 0 Å². The van der Waals surface area contributed by atoms with E-state index in [1.54, 1.807) is 0 Å². The highest BCUT2D eigenvalue weighted by Gasteiger charge is 2.21. The monoisotopic (exact) mass is 238 g/mol. The summed E-state index contributed by atoms with van der Waals surface area (Å²) in [7, 11) is 0.219. The fraction of sp³-hybridized carbons (Fsp3) is 0.538. The van der Waals surface area contributed by atoms with E-state index in [1.165, 1.54) is 5.56 Å². The minimum Gasteiger partial charge on any atom is -0.377 e. The second kappa shape index (κ2) is 6.78. The molecular weight excluding hydrogens is 219 g/mol. The predicted molar refractivity (Wildman–Crippen MR) is 67.0 cm³/mol. The molecule has 0 saturated heterocycles. The third-order valence-electron chi connectivity index (χ3n) is 2.88. The number of ether oxygens (including phenoxy) is 1. The van der Waals surface area contributed by atoms with Crippen LogP contribution in [0.15, 0.2) is 30.3 Å². The van der Waals surface area contributed by atoms with Gasteiger partial charge in [0.15, 0.2) is 8.46 Å². The minimum absolute atomic E-state index is 0.128. The molecule has 3 heteroatoms. The maximum Gasteiger partial charge on any atom is 0.161 e. The van der Waals surface area contributed by atoms with Crippen LogP contribution in [-0.2, 0) is 15.9 Å². The molecule has 1 rings (SSSR count). The van der Waals surface area contributed by atoms with Crippen molar-refractivity contribution in [3.8, 4) is 0 Å². The minimum atomic E-state index is -0.128. The fourth-order valence-electron chi connectivity index (χ4n) is 1.34. The first kappa shape index (κ1) is 13.3. The van der Waals surface area contributed by atoms with Gasteiger partial charge < -0.3 is 4.74 Å². The van der Waals surface area contributed by atoms with E-state index in [9.17, 15) is 4.57 Å². The van der Waals surface area contributed by atoms with Gasteiger partial charge in [-0.1, -0.05) is 37.3 Å². The lowest BCUT2D eigenvalue weighted by molar-refractivity contribution is 0.111. The summed E-state index contributed by atoms with van der Waals surface area (Å²) in [5.74, 6) is 0. The van der Waals surface area contributed by atoms with E-state index in [-0.39, 0.29) is 13.6 Å². The molecule has 0 aliphatic rings. The molecule has 16 heavy (non-hydrogen) atoms. The van der Waals surface area contributed by atoms with E-state index in [0.717, 1.165) is 12.8 Å². The average Bonchev–Trinajstić information content (AvgIpc) is 2.36. The van der Waals surface area contributed by atoms with Crippen molar-refractivity contribution in [2.24, 2.45) is 0 Å². The van der Waals surface area contributed by atoms with Crippen LogP contribution in [0.25, 0.3) is 0 Å². The normalized spacial score (nSPS) is 14.9. The topological polar surface area (TPSA) is 26.3 Å². The molecular formula is C13H19O2P. The molecule has 0 amide bonds. The Balaban J connectivity index is 2.24. The van der Waals surface area contributed by atoms with Crippen LogP contribution in [0, 0.1) is 0 Å². The van der Waals surface area contributed by atoms with Crippen molar-refractivity contribution in [1.82, 2.24) is 0 Å². The first-order valence-electron chi connectivity index (χ1n) is 5.66. The lowest BCUT2D eigenvalue weighted by atomic mass is 10.0. The SMILES string of the molecule is CCC(C)(CCOCc1ccccc1)P=O. The van der Waals surface area contributed by atoms with E-state index in [1.807, 2.05) is 37.3 Å². The highest BCUT2D eigenvalue weighted by atomic mass is 31.1. The first-order valence-corrected chi connectivity index (χ1v) is 6.47. The Bertz CT molecular complexity index is 313. The fourth-order valence-corrected chi connectivity index (χ4v) is 1.65. The van der Waals surface area contributed by atoms with Gasteiger partial charge in [0, 0.05) is 11.8 Å². The predicted octanol–water partition coefficient (Wildman–Crippen LogP) is 4.05. The Labute approximate surface area is 99.2 Å². The van der Waals surface area contributed by atoms with Gasteiger partial charge in [-0.3, -0.25) is 4.57 Å². The molecule has 0 saturated carbocycles. The van der Waals surface area contributed by atoms with Crippen LogP contribution < -0.4 is 0 Å². The van der Waals surface area contributed by atoms with E-state index in [2.05, 4.69) is 6.92 Å². The zero-order chi connectivity index (χ0) is 11.9. The quantitative estimate of drug-likeness (QED) is 0.529. The lowest BCUT2D eigenvalue weighted by Gasteiger charge is -2.19. The summed E-state index contributed by atoms with van der Waals surface area (Å²) in [4.78, 5) is 0. The van der Waals surface area contributed by atoms with Crippen LogP contribution in [0.4, 0.5) is 0 Å². The van der Waals surface area contributed by atoms with Gasteiger partial charge in [-0.25, -0.2) is 0 Å². The Hall–Kier alpha value is -0.720. The van der Waals surface area contributed by atoms with Crippen molar-refractivity contribution in [3.63, 3.8) is 0 Å². The van der Waals surface area contributed by atoms with E-state index in [0.29, 0.717) is 13.2 Å². The Morgan fingerprint density at radius 1 is 1.31 bits per heavy atom. The maximum atomic E-state index is 11.0. The molecule has 88 valence electrons. The Morgan fingerprint density at radius 2 is 2.00 bits per heavy atom. The van der Waals surface area contributed by atoms with Gasteiger partial charge in [0.25, 0.3) is 0 Å². The van der Waals surface area contributed by atoms with Gasteiger partial charge in [0.05, 0.1) is 6.61 Å². The highest BCUT2D eigenvalue weighted by molar-refractivity contribution is 7.25. The molecule has 0 heterocycles. The molecule has 0 bridgehead atoms. The van der Waals surface area contributed by atoms with Crippen molar-refractivity contribution in [2.45, 2.75) is 38.5 Å². The number of hydrogen-bond donors (Lipinski definition) is 0. The molecule has 1 unspecified atom stereocenters. The summed E-state index contributed by atoms with van der Waals surface area (Å²) < 4.78 is 16.5. The van der Waals surface area contributed by atoms with Gasteiger partial charge in [-0.2, -0.15) is 0 Å². The van der Waals surface area contributed by atoms with Crippen LogP contribution in [0.1, 0.15) is 32.3 Å². The van der Waals surface area contributed by atoms with Gasteiger partial charge in [0.2, 0.25) is 0 Å². The van der Waals surface area contributed by atoms with Crippen LogP contribution in [0.2, 0.25) is 0 Å². The zero-order valence-corrected chi connectivity index (χ0v) is 10.9. The molecule has 0 radical (unpaired) electrons. The molecule has 0 fully saturated rings. The van der Waals surface area contributed by atoms with Gasteiger partial charge in [-0.05, 0) is 25.3 Å². The molecule has 0 N–H and O–H groups in total. The third-order valence-corrected chi connectivity index (χ3v) is 3.86. The Morgan fingerprint density at radius 3 is 2.56 bits per heavy atom. The Kier molecular flexibility index (Phi) is 5.65. The number of rotatable bonds is 7. The third kappa shape index (κ3) is 4.42. The van der Waals surface area contributed by atoms with Crippen LogP contribution in [0.3, 0.4) is 0 Å². The zero-order valence-electron chi connectivity index (χ0n) is 9.98. The molecule has 0 aliphatic heterocycles. The maximum absolute atomic E-state index is 11.0. The number of benzene rings is 1. The molecule has 0 aliphatic carbocycles. The van der Waals surface area contributed by atoms with Crippen molar-refractivity contribution in [2.75, 3.05) is 6.61 Å². The average molecular weight is 238 g/mol. The lowest BCUT2D eigenvalue weighted by Crippen LogP contribution is -2.17. The smallest absolute Gasteiger partial charge is 0.161 e. The van der Waals surface area contributed by atoms with E-state index in [4.69, 9.17) is 4.74 Å². The van der Waals surface area contributed by atoms with Crippen LogP contribution in [-0.4, -0.2) is 11.8 Å². The van der Waals surface area contributed by atoms with Gasteiger partial charge in [0.1, 0.15) is 0 Å². The van der Waals surface area contributed by atoms with Crippen molar-refractivity contribution in [3.05, 3.63) is 35.9 Å².